The maximum Gasteiger partial charge on any atom is 0.247 e. The van der Waals surface area contributed by atoms with E-state index >= 15 is 0 Å². The molecule has 0 aliphatic carbocycles. The van der Waals surface area contributed by atoms with E-state index in [1.54, 1.807) is 4.68 Å². The smallest absolute Gasteiger partial charge is 0.247 e. The molecule has 138 valence electrons. The van der Waals surface area contributed by atoms with Gasteiger partial charge in [-0.2, -0.15) is 0 Å². The maximum atomic E-state index is 12.9. The first kappa shape index (κ1) is 16.4. The second kappa shape index (κ2) is 6.75. The number of likely N-dealkylation sites (tertiary alicyclic amines) is 1. The monoisotopic (exact) mass is 372 g/mol. The predicted molar refractivity (Wildman–Crippen MR) is 100 cm³/mol. The summed E-state index contributed by atoms with van der Waals surface area (Å²) >= 11 is 1.81. The first-order valence-electron chi connectivity index (χ1n) is 9.55. The largest absolute Gasteiger partial charge is 0.338 e. The first-order chi connectivity index (χ1) is 12.8. The topological polar surface area (TPSA) is 75.1 Å². The fraction of sp³-hybridized carbons (Fsp3) is 0.611. The van der Waals surface area contributed by atoms with E-state index in [1.807, 2.05) is 17.5 Å². The number of aromatic nitrogens is 3. The lowest BCUT2D eigenvalue weighted by molar-refractivity contribution is -0.133. The van der Waals surface area contributed by atoms with Crippen LogP contribution in [0.25, 0.3) is 10.6 Å². The number of thiophene rings is 1. The molecule has 0 radical (unpaired) electrons. The van der Waals surface area contributed by atoms with E-state index in [0.29, 0.717) is 6.04 Å². The van der Waals surface area contributed by atoms with Crippen molar-refractivity contribution in [3.05, 3.63) is 22.7 Å². The van der Waals surface area contributed by atoms with Crippen LogP contribution >= 0.6 is 11.3 Å². The summed E-state index contributed by atoms with van der Waals surface area (Å²) < 4.78 is 1.79. The molecule has 0 saturated carbocycles. The van der Waals surface area contributed by atoms with Gasteiger partial charge in [0.05, 0.1) is 11.1 Å². The number of nitrogens with zero attached hydrogens (tertiary/aromatic N) is 4. The average molecular weight is 372 g/mol. The van der Waals surface area contributed by atoms with E-state index in [1.165, 1.54) is 10.4 Å². The van der Waals surface area contributed by atoms with Gasteiger partial charge >= 0.3 is 0 Å². The van der Waals surface area contributed by atoms with Crippen LogP contribution in [0.4, 0.5) is 0 Å². The minimum atomic E-state index is -0.192. The molecule has 1 unspecified atom stereocenters. The van der Waals surface area contributed by atoms with Crippen molar-refractivity contribution >= 4 is 17.2 Å². The Morgan fingerprint density at radius 2 is 2.04 bits per heavy atom. The zero-order valence-electron chi connectivity index (χ0n) is 14.8. The van der Waals surface area contributed by atoms with E-state index in [4.69, 9.17) is 0 Å². The molecule has 3 aliphatic rings. The van der Waals surface area contributed by atoms with Gasteiger partial charge in [0.1, 0.15) is 11.7 Å². The highest BCUT2D eigenvalue weighted by Crippen LogP contribution is 2.33. The molecule has 1 amide bonds. The molecule has 2 saturated heterocycles. The predicted octanol–water partition coefficient (Wildman–Crippen LogP) is 1.18. The Kier molecular flexibility index (Phi) is 4.26. The highest BCUT2D eigenvalue weighted by Gasteiger charge is 2.38. The van der Waals surface area contributed by atoms with Gasteiger partial charge in [0.15, 0.2) is 0 Å². The maximum absolute atomic E-state index is 12.9. The van der Waals surface area contributed by atoms with Gasteiger partial charge in [-0.15, -0.1) is 16.4 Å². The summed E-state index contributed by atoms with van der Waals surface area (Å²) in [7, 11) is 0. The normalized spacial score (nSPS) is 24.2. The average Bonchev–Trinajstić information content (AvgIpc) is 3.39. The zero-order chi connectivity index (χ0) is 17.5. The molecule has 5 rings (SSSR count). The molecule has 2 fully saturated rings. The third kappa shape index (κ3) is 2.86. The van der Waals surface area contributed by atoms with Gasteiger partial charge in [-0.25, -0.2) is 4.68 Å². The Hall–Kier alpha value is -1.77. The van der Waals surface area contributed by atoms with Crippen molar-refractivity contribution in [3.8, 4) is 10.6 Å². The Bertz CT molecular complexity index is 785. The molecule has 2 N–H and O–H groups in total. The van der Waals surface area contributed by atoms with Crippen LogP contribution in [0.3, 0.4) is 0 Å². The Labute approximate surface area is 156 Å². The van der Waals surface area contributed by atoms with Crippen LogP contribution in [0.1, 0.15) is 35.7 Å². The van der Waals surface area contributed by atoms with E-state index in [0.717, 1.165) is 69.0 Å². The highest BCUT2D eigenvalue weighted by atomic mass is 32.1. The number of rotatable bonds is 3. The summed E-state index contributed by atoms with van der Waals surface area (Å²) in [5, 5.41) is 15.5. The second-order valence-electron chi connectivity index (χ2n) is 7.39. The molecule has 3 aliphatic heterocycles. The van der Waals surface area contributed by atoms with Gasteiger partial charge < -0.3 is 15.5 Å². The summed E-state index contributed by atoms with van der Waals surface area (Å²) in [6.07, 6.45) is 5.97. The Balaban J connectivity index is 1.34. The van der Waals surface area contributed by atoms with E-state index in [-0.39, 0.29) is 11.9 Å². The number of carbonyl (C=O) groups is 1. The van der Waals surface area contributed by atoms with Crippen molar-refractivity contribution in [1.82, 2.24) is 30.5 Å². The van der Waals surface area contributed by atoms with Crippen molar-refractivity contribution in [3.63, 3.8) is 0 Å². The molecule has 8 heteroatoms. The third-order valence-corrected chi connectivity index (χ3v) is 7.04. The van der Waals surface area contributed by atoms with Crippen molar-refractivity contribution in [2.45, 2.75) is 44.3 Å². The lowest BCUT2D eigenvalue weighted by Crippen LogP contribution is -2.44. The fourth-order valence-corrected chi connectivity index (χ4v) is 5.46. The molecule has 0 aromatic carbocycles. The summed E-state index contributed by atoms with van der Waals surface area (Å²) in [5.41, 5.74) is 2.26. The highest BCUT2D eigenvalue weighted by molar-refractivity contribution is 7.15. The van der Waals surface area contributed by atoms with Crippen molar-refractivity contribution in [2.75, 3.05) is 26.2 Å². The fourth-order valence-electron chi connectivity index (χ4n) is 4.33. The van der Waals surface area contributed by atoms with E-state index in [2.05, 4.69) is 31.9 Å². The van der Waals surface area contributed by atoms with Gasteiger partial charge in [-0.3, -0.25) is 4.79 Å². The molecular weight excluding hydrogens is 348 g/mol. The first-order valence-corrected chi connectivity index (χ1v) is 10.4. The zero-order valence-corrected chi connectivity index (χ0v) is 15.6. The van der Waals surface area contributed by atoms with Crippen molar-refractivity contribution in [2.24, 2.45) is 0 Å². The lowest BCUT2D eigenvalue weighted by atomic mass is 10.1. The van der Waals surface area contributed by atoms with Crippen LogP contribution in [0, 0.1) is 0 Å². The number of hydrogen-bond donors (Lipinski definition) is 2. The van der Waals surface area contributed by atoms with Gasteiger partial charge in [-0.1, -0.05) is 5.21 Å². The van der Waals surface area contributed by atoms with Crippen LogP contribution in [-0.2, 0) is 17.8 Å². The summed E-state index contributed by atoms with van der Waals surface area (Å²) in [6, 6.07) is 2.41. The minimum absolute atomic E-state index is 0.192. The number of fused-ring (bicyclic) bond motifs is 1. The van der Waals surface area contributed by atoms with Crippen LogP contribution in [0.2, 0.25) is 0 Å². The molecule has 7 nitrogen and oxygen atoms in total. The lowest BCUT2D eigenvalue weighted by Gasteiger charge is -2.31. The van der Waals surface area contributed by atoms with E-state index < -0.39 is 0 Å². The van der Waals surface area contributed by atoms with Crippen molar-refractivity contribution in [1.29, 1.82) is 0 Å². The van der Waals surface area contributed by atoms with Gasteiger partial charge in [0.2, 0.25) is 5.91 Å². The molecule has 0 bridgehead atoms. The molecule has 2 aromatic rings. The molecule has 0 spiro atoms. The second-order valence-corrected chi connectivity index (χ2v) is 8.52. The minimum Gasteiger partial charge on any atom is -0.338 e. The van der Waals surface area contributed by atoms with Crippen LogP contribution in [-0.4, -0.2) is 58.0 Å². The number of amides is 1. The Morgan fingerprint density at radius 3 is 2.88 bits per heavy atom. The number of carbonyl (C=O) groups excluding carboxylic acids is 1. The summed E-state index contributed by atoms with van der Waals surface area (Å²) in [4.78, 5) is 17.6. The third-order valence-electron chi connectivity index (χ3n) is 5.78. The molecule has 26 heavy (non-hydrogen) atoms. The quantitative estimate of drug-likeness (QED) is 0.846. The van der Waals surface area contributed by atoms with Gasteiger partial charge in [0.25, 0.3) is 0 Å². The molecule has 5 heterocycles. The molecule has 1 atom stereocenters. The standard InChI is InChI=1S/C18H24N6OS/c25-18-15(4-8-23(18)13-1-5-19-6-2-13)24-11-14(21-22-24)17-9-12-10-20-7-3-16(12)26-17/h9,11,13,15,19-20H,1-8,10H2. The van der Waals surface area contributed by atoms with Crippen LogP contribution in [0.15, 0.2) is 12.3 Å². The van der Waals surface area contributed by atoms with E-state index in [9.17, 15) is 4.79 Å². The number of nitrogens with one attached hydrogen (secondary N) is 2. The van der Waals surface area contributed by atoms with Crippen molar-refractivity contribution < 1.29 is 4.79 Å². The van der Waals surface area contributed by atoms with Crippen LogP contribution < -0.4 is 10.6 Å². The van der Waals surface area contributed by atoms with Gasteiger partial charge in [0, 0.05) is 30.6 Å². The SMILES string of the molecule is O=C1C(n2cc(-c3cc4c(s3)CCNC4)nn2)CCN1C1CCNCC1. The summed E-state index contributed by atoms with van der Waals surface area (Å²) in [6.45, 7) is 4.83. The number of hydrogen-bond acceptors (Lipinski definition) is 6. The number of piperidine rings is 1. The van der Waals surface area contributed by atoms with Gasteiger partial charge in [-0.05, 0) is 50.4 Å². The summed E-state index contributed by atoms with van der Waals surface area (Å²) in [5.74, 6) is 0.211. The molecule has 2 aromatic heterocycles. The molecular formula is C18H24N6OS. The van der Waals surface area contributed by atoms with Crippen LogP contribution in [0.5, 0.6) is 0 Å². The Morgan fingerprint density at radius 1 is 1.15 bits per heavy atom.